The van der Waals surface area contributed by atoms with E-state index in [-0.39, 0.29) is 12.5 Å². The van der Waals surface area contributed by atoms with Crippen LogP contribution in [0.5, 0.6) is 0 Å². The van der Waals surface area contributed by atoms with Crippen molar-refractivity contribution < 1.29 is 9.90 Å². The molecule has 0 saturated carbocycles. The van der Waals surface area contributed by atoms with E-state index in [1.54, 1.807) is 29.6 Å². The highest BCUT2D eigenvalue weighted by Gasteiger charge is 2.16. The summed E-state index contributed by atoms with van der Waals surface area (Å²) in [4.78, 5) is 24.6. The standard InChI is InChI=1S/C20H24N4O2S/c1-14-17(15-7-4-3-5-8-15)18-19(22-13-23-20(18)27-14)21-10-6-9-16(26)24(2)11-12-25/h3-5,7-8,13,25H,6,9-12H2,1-2H3,(H,21,22,23). The number of aryl methyl sites for hydroxylation is 1. The molecule has 0 atom stereocenters. The van der Waals surface area contributed by atoms with Gasteiger partial charge in [0, 0.05) is 37.0 Å². The molecule has 2 N–H and O–H groups in total. The Bertz CT molecular complexity index is 911. The van der Waals surface area contributed by atoms with Crippen molar-refractivity contribution in [1.29, 1.82) is 0 Å². The first kappa shape index (κ1) is 19.3. The third-order valence-electron chi connectivity index (χ3n) is 4.45. The Balaban J connectivity index is 1.75. The normalized spacial score (nSPS) is 10.9. The smallest absolute Gasteiger partial charge is 0.222 e. The van der Waals surface area contributed by atoms with Gasteiger partial charge in [-0.25, -0.2) is 9.97 Å². The van der Waals surface area contributed by atoms with Gasteiger partial charge in [0.1, 0.15) is 17.0 Å². The Hall–Kier alpha value is -2.51. The number of benzene rings is 1. The van der Waals surface area contributed by atoms with Crippen LogP contribution in [0.1, 0.15) is 17.7 Å². The number of hydrogen-bond donors (Lipinski definition) is 2. The summed E-state index contributed by atoms with van der Waals surface area (Å²) in [7, 11) is 1.71. The molecular weight excluding hydrogens is 360 g/mol. The van der Waals surface area contributed by atoms with Crippen molar-refractivity contribution in [3.8, 4) is 11.1 Å². The van der Waals surface area contributed by atoms with Crippen LogP contribution >= 0.6 is 11.3 Å². The number of thiophene rings is 1. The van der Waals surface area contributed by atoms with Crippen molar-refractivity contribution >= 4 is 33.3 Å². The van der Waals surface area contributed by atoms with Crippen LogP contribution < -0.4 is 5.32 Å². The molecule has 0 spiro atoms. The molecule has 27 heavy (non-hydrogen) atoms. The first-order valence-electron chi connectivity index (χ1n) is 9.00. The van der Waals surface area contributed by atoms with Crippen LogP contribution in [0, 0.1) is 6.92 Å². The Morgan fingerprint density at radius 1 is 1.26 bits per heavy atom. The van der Waals surface area contributed by atoms with Gasteiger partial charge in [-0.2, -0.15) is 0 Å². The zero-order valence-electron chi connectivity index (χ0n) is 15.6. The number of aliphatic hydroxyl groups excluding tert-OH is 1. The first-order valence-corrected chi connectivity index (χ1v) is 9.81. The van der Waals surface area contributed by atoms with Crippen LogP contribution in [0.3, 0.4) is 0 Å². The molecule has 0 aliphatic heterocycles. The number of likely N-dealkylation sites (N-methyl/N-ethyl adjacent to an activating group) is 1. The number of aromatic nitrogens is 2. The second kappa shape index (κ2) is 8.92. The lowest BCUT2D eigenvalue weighted by Crippen LogP contribution is -2.29. The summed E-state index contributed by atoms with van der Waals surface area (Å²) in [5, 5.41) is 13.3. The molecule has 0 unspecified atom stereocenters. The molecule has 7 heteroatoms. The van der Waals surface area contributed by atoms with Crippen molar-refractivity contribution in [1.82, 2.24) is 14.9 Å². The summed E-state index contributed by atoms with van der Waals surface area (Å²) < 4.78 is 0. The number of nitrogens with zero attached hydrogens (tertiary/aromatic N) is 3. The van der Waals surface area contributed by atoms with E-state index in [9.17, 15) is 4.79 Å². The third kappa shape index (κ3) is 4.43. The molecule has 2 aromatic heterocycles. The lowest BCUT2D eigenvalue weighted by Gasteiger charge is -2.15. The van der Waals surface area contributed by atoms with Crippen molar-refractivity contribution in [2.24, 2.45) is 0 Å². The summed E-state index contributed by atoms with van der Waals surface area (Å²) in [5.74, 6) is 0.842. The Labute approximate surface area is 162 Å². The minimum Gasteiger partial charge on any atom is -0.395 e. The third-order valence-corrected chi connectivity index (χ3v) is 5.46. The monoisotopic (exact) mass is 384 g/mol. The fourth-order valence-electron chi connectivity index (χ4n) is 3.04. The van der Waals surface area contributed by atoms with E-state index in [4.69, 9.17) is 5.11 Å². The number of aliphatic hydroxyl groups is 1. The lowest BCUT2D eigenvalue weighted by molar-refractivity contribution is -0.130. The van der Waals surface area contributed by atoms with E-state index in [0.717, 1.165) is 27.2 Å². The van der Waals surface area contributed by atoms with E-state index in [2.05, 4.69) is 34.3 Å². The van der Waals surface area contributed by atoms with Gasteiger partial charge in [0.15, 0.2) is 0 Å². The number of fused-ring (bicyclic) bond motifs is 1. The SMILES string of the molecule is Cc1sc2ncnc(NCCCC(=O)N(C)CCO)c2c1-c1ccccc1. The molecule has 3 rings (SSSR count). The molecule has 0 fully saturated rings. The fourth-order valence-corrected chi connectivity index (χ4v) is 4.06. The second-order valence-electron chi connectivity index (χ2n) is 6.37. The van der Waals surface area contributed by atoms with E-state index >= 15 is 0 Å². The number of carbonyl (C=O) groups excluding carboxylic acids is 1. The van der Waals surface area contributed by atoms with Crippen molar-refractivity contribution in [2.45, 2.75) is 19.8 Å². The topological polar surface area (TPSA) is 78.4 Å². The van der Waals surface area contributed by atoms with Gasteiger partial charge in [0.2, 0.25) is 5.91 Å². The summed E-state index contributed by atoms with van der Waals surface area (Å²) in [6.45, 7) is 3.11. The average molecular weight is 385 g/mol. The predicted molar refractivity (Wildman–Crippen MR) is 110 cm³/mol. The van der Waals surface area contributed by atoms with Crippen LogP contribution in [0.25, 0.3) is 21.3 Å². The molecule has 0 saturated heterocycles. The molecule has 2 heterocycles. The molecule has 0 aliphatic carbocycles. The van der Waals surface area contributed by atoms with Gasteiger partial charge in [-0.3, -0.25) is 4.79 Å². The zero-order chi connectivity index (χ0) is 19.2. The molecule has 6 nitrogen and oxygen atoms in total. The second-order valence-corrected chi connectivity index (χ2v) is 7.57. The van der Waals surface area contributed by atoms with Crippen LogP contribution in [0.15, 0.2) is 36.7 Å². The van der Waals surface area contributed by atoms with Crippen LogP contribution in [-0.4, -0.2) is 52.6 Å². The van der Waals surface area contributed by atoms with Gasteiger partial charge in [-0.15, -0.1) is 11.3 Å². The maximum atomic E-state index is 12.0. The van der Waals surface area contributed by atoms with Gasteiger partial charge >= 0.3 is 0 Å². The summed E-state index contributed by atoms with van der Waals surface area (Å²) in [6, 6.07) is 10.3. The van der Waals surface area contributed by atoms with Crippen molar-refractivity contribution in [3.05, 3.63) is 41.5 Å². The van der Waals surface area contributed by atoms with Gasteiger partial charge in [-0.1, -0.05) is 30.3 Å². The highest BCUT2D eigenvalue weighted by molar-refractivity contribution is 7.19. The summed E-state index contributed by atoms with van der Waals surface area (Å²) >= 11 is 1.67. The van der Waals surface area contributed by atoms with Crippen LogP contribution in [-0.2, 0) is 4.79 Å². The largest absolute Gasteiger partial charge is 0.395 e. The van der Waals surface area contributed by atoms with Gasteiger partial charge in [0.25, 0.3) is 0 Å². The molecule has 0 radical (unpaired) electrons. The Kier molecular flexibility index (Phi) is 6.36. The molecule has 0 aliphatic rings. The quantitative estimate of drug-likeness (QED) is 0.583. The maximum Gasteiger partial charge on any atom is 0.222 e. The minimum absolute atomic E-state index is 0.0147. The maximum absolute atomic E-state index is 12.0. The molecular formula is C20H24N4O2S. The van der Waals surface area contributed by atoms with Gasteiger partial charge in [-0.05, 0) is 18.9 Å². The van der Waals surface area contributed by atoms with Crippen molar-refractivity contribution in [3.63, 3.8) is 0 Å². The molecule has 142 valence electrons. The summed E-state index contributed by atoms with van der Waals surface area (Å²) in [6.07, 6.45) is 2.71. The van der Waals surface area contributed by atoms with E-state index in [1.807, 2.05) is 18.2 Å². The number of nitrogens with one attached hydrogen (secondary N) is 1. The molecule has 1 aromatic carbocycles. The molecule has 1 amide bonds. The number of anilines is 1. The fraction of sp³-hybridized carbons (Fsp3) is 0.350. The van der Waals surface area contributed by atoms with Crippen LogP contribution in [0.4, 0.5) is 5.82 Å². The number of hydrogen-bond acceptors (Lipinski definition) is 6. The van der Waals surface area contributed by atoms with Crippen LogP contribution in [0.2, 0.25) is 0 Å². The predicted octanol–water partition coefficient (Wildman–Crippen LogP) is 3.31. The summed E-state index contributed by atoms with van der Waals surface area (Å²) in [5.41, 5.74) is 2.32. The van der Waals surface area contributed by atoms with Gasteiger partial charge < -0.3 is 15.3 Å². The average Bonchev–Trinajstić information content (AvgIpc) is 3.02. The highest BCUT2D eigenvalue weighted by Crippen LogP contribution is 2.40. The zero-order valence-corrected chi connectivity index (χ0v) is 16.4. The lowest BCUT2D eigenvalue weighted by atomic mass is 10.0. The van der Waals surface area contributed by atoms with E-state index < -0.39 is 0 Å². The van der Waals surface area contributed by atoms with E-state index in [0.29, 0.717) is 25.9 Å². The Morgan fingerprint density at radius 3 is 2.78 bits per heavy atom. The number of carbonyl (C=O) groups is 1. The van der Waals surface area contributed by atoms with Crippen molar-refractivity contribution in [2.75, 3.05) is 32.1 Å². The van der Waals surface area contributed by atoms with E-state index in [1.165, 1.54) is 4.88 Å². The van der Waals surface area contributed by atoms with Gasteiger partial charge in [0.05, 0.1) is 12.0 Å². The molecule has 0 bridgehead atoms. The first-order chi connectivity index (χ1) is 13.1. The number of rotatable bonds is 8. The number of amides is 1. The highest BCUT2D eigenvalue weighted by atomic mass is 32.1. The minimum atomic E-state index is -0.0147. The Morgan fingerprint density at radius 2 is 2.04 bits per heavy atom. The molecule has 3 aromatic rings.